The van der Waals surface area contributed by atoms with Crippen molar-refractivity contribution < 1.29 is 19.0 Å². The highest BCUT2D eigenvalue weighted by Gasteiger charge is 2.22. The van der Waals surface area contributed by atoms with Crippen LogP contribution in [0.15, 0.2) is 18.2 Å². The summed E-state index contributed by atoms with van der Waals surface area (Å²) in [6.07, 6.45) is 0. The van der Waals surface area contributed by atoms with Crippen LogP contribution in [0.5, 0.6) is 11.5 Å². The third-order valence-electron chi connectivity index (χ3n) is 2.91. The fourth-order valence-corrected chi connectivity index (χ4v) is 1.84. The molecule has 0 saturated heterocycles. The molecule has 0 aliphatic carbocycles. The quantitative estimate of drug-likeness (QED) is 0.776. The van der Waals surface area contributed by atoms with Crippen molar-refractivity contribution in [3.05, 3.63) is 23.8 Å². The largest absolute Gasteiger partial charge is 0.493 e. The lowest BCUT2D eigenvalue weighted by Crippen LogP contribution is -2.32. The highest BCUT2D eigenvalue weighted by atomic mass is 16.5. The van der Waals surface area contributed by atoms with E-state index in [9.17, 15) is 4.79 Å². The summed E-state index contributed by atoms with van der Waals surface area (Å²) in [7, 11) is 4.52. The van der Waals surface area contributed by atoms with E-state index in [0.29, 0.717) is 24.0 Å². The van der Waals surface area contributed by atoms with Gasteiger partial charge in [-0.1, -0.05) is 19.9 Å². The third-order valence-corrected chi connectivity index (χ3v) is 2.91. The third kappa shape index (κ3) is 4.13. The van der Waals surface area contributed by atoms with Gasteiger partial charge in [-0.2, -0.15) is 0 Å². The number of ether oxygens (including phenoxy) is 3. The molecule has 112 valence electrons. The molecule has 0 saturated carbocycles. The van der Waals surface area contributed by atoms with Crippen LogP contribution in [0.4, 0.5) is 0 Å². The minimum absolute atomic E-state index is 0.321. The Balaban J connectivity index is 3.03. The van der Waals surface area contributed by atoms with Crippen LogP contribution in [0.3, 0.4) is 0 Å². The summed E-state index contributed by atoms with van der Waals surface area (Å²) in [5, 5.41) is 3.20. The summed E-state index contributed by atoms with van der Waals surface area (Å²) in [5.41, 5.74) is 0.787. The summed E-state index contributed by atoms with van der Waals surface area (Å²) in [6, 6.07) is 4.88. The minimum Gasteiger partial charge on any atom is -0.493 e. The van der Waals surface area contributed by atoms with Crippen LogP contribution in [0.2, 0.25) is 0 Å². The molecule has 0 aromatic heterocycles. The number of esters is 1. The number of benzene rings is 1. The van der Waals surface area contributed by atoms with Gasteiger partial charge >= 0.3 is 5.97 Å². The lowest BCUT2D eigenvalue weighted by atomic mass is 10.1. The molecule has 1 rings (SSSR count). The van der Waals surface area contributed by atoms with Gasteiger partial charge < -0.3 is 19.5 Å². The van der Waals surface area contributed by atoms with E-state index in [2.05, 4.69) is 19.2 Å². The van der Waals surface area contributed by atoms with E-state index in [1.807, 2.05) is 6.07 Å². The first kappa shape index (κ1) is 16.3. The van der Waals surface area contributed by atoms with E-state index >= 15 is 0 Å². The first-order valence-corrected chi connectivity index (χ1v) is 6.56. The topological polar surface area (TPSA) is 56.8 Å². The molecule has 1 N–H and O–H groups in total. The van der Waals surface area contributed by atoms with Crippen molar-refractivity contribution in [2.24, 2.45) is 5.92 Å². The highest BCUT2D eigenvalue weighted by Crippen LogP contribution is 2.30. The van der Waals surface area contributed by atoms with E-state index in [0.717, 1.165) is 5.56 Å². The molecule has 0 radical (unpaired) electrons. The Hall–Kier alpha value is -1.75. The first-order valence-electron chi connectivity index (χ1n) is 6.56. The number of carbonyl (C=O) groups is 1. The molecule has 0 fully saturated rings. The van der Waals surface area contributed by atoms with Gasteiger partial charge in [0.05, 0.1) is 21.3 Å². The smallest absolute Gasteiger partial charge is 0.327 e. The van der Waals surface area contributed by atoms with Crippen LogP contribution in [0.25, 0.3) is 0 Å². The van der Waals surface area contributed by atoms with E-state index in [1.54, 1.807) is 26.4 Å². The predicted octanol–water partition coefficient (Wildman–Crippen LogP) is 2.16. The maximum atomic E-state index is 11.9. The molecule has 0 aliphatic heterocycles. The average Bonchev–Trinajstić information content (AvgIpc) is 2.46. The molecular formula is C15H23NO4. The zero-order valence-electron chi connectivity index (χ0n) is 12.7. The normalized spacial score (nSPS) is 12.1. The zero-order chi connectivity index (χ0) is 15.1. The van der Waals surface area contributed by atoms with E-state index in [4.69, 9.17) is 14.2 Å². The lowest BCUT2D eigenvalue weighted by Gasteiger charge is -2.19. The molecule has 1 unspecified atom stereocenters. The molecule has 5 nitrogen and oxygen atoms in total. The summed E-state index contributed by atoms with van der Waals surface area (Å²) in [5.74, 6) is 1.33. The number of carbonyl (C=O) groups excluding carboxylic acids is 1. The van der Waals surface area contributed by atoms with E-state index in [1.165, 1.54) is 7.11 Å². The van der Waals surface area contributed by atoms with E-state index < -0.39 is 6.04 Å². The summed E-state index contributed by atoms with van der Waals surface area (Å²) in [6.45, 7) is 4.87. The average molecular weight is 281 g/mol. The Morgan fingerprint density at radius 1 is 1.15 bits per heavy atom. The lowest BCUT2D eigenvalue weighted by molar-refractivity contribution is -0.143. The number of hydrogen-bond donors (Lipinski definition) is 1. The molecule has 5 heteroatoms. The van der Waals surface area contributed by atoms with Crippen LogP contribution in [-0.4, -0.2) is 33.8 Å². The maximum absolute atomic E-state index is 11.9. The van der Waals surface area contributed by atoms with Crippen molar-refractivity contribution in [1.82, 2.24) is 5.32 Å². The Morgan fingerprint density at radius 3 is 2.30 bits per heavy atom. The molecule has 0 heterocycles. The molecular weight excluding hydrogens is 258 g/mol. The van der Waals surface area contributed by atoms with Crippen molar-refractivity contribution >= 4 is 5.97 Å². The van der Waals surface area contributed by atoms with Crippen LogP contribution in [0, 0.1) is 5.92 Å². The Kier molecular flexibility index (Phi) is 6.31. The fourth-order valence-electron chi connectivity index (χ4n) is 1.84. The van der Waals surface area contributed by atoms with Crippen LogP contribution in [-0.2, 0) is 9.53 Å². The second kappa shape index (κ2) is 7.75. The van der Waals surface area contributed by atoms with Gasteiger partial charge in [0.25, 0.3) is 0 Å². The summed E-state index contributed by atoms with van der Waals surface area (Å²) in [4.78, 5) is 11.9. The summed E-state index contributed by atoms with van der Waals surface area (Å²) >= 11 is 0. The van der Waals surface area contributed by atoms with Crippen molar-refractivity contribution in [1.29, 1.82) is 0 Å². The maximum Gasteiger partial charge on any atom is 0.327 e. The minimum atomic E-state index is -0.512. The highest BCUT2D eigenvalue weighted by molar-refractivity contribution is 5.77. The summed E-state index contributed by atoms with van der Waals surface area (Å²) < 4.78 is 15.3. The second-order valence-corrected chi connectivity index (χ2v) is 4.87. The van der Waals surface area contributed by atoms with Crippen LogP contribution in [0.1, 0.15) is 25.5 Å². The standard InChI is InChI=1S/C15H23NO4/c1-10(2)9-16-14(15(17)20-5)11-6-7-12(18-3)13(8-11)19-4/h6-8,10,14,16H,9H2,1-5H3. The molecule has 1 aromatic carbocycles. The molecule has 20 heavy (non-hydrogen) atoms. The number of nitrogens with one attached hydrogen (secondary N) is 1. The second-order valence-electron chi connectivity index (χ2n) is 4.87. The van der Waals surface area contributed by atoms with E-state index in [-0.39, 0.29) is 5.97 Å². The van der Waals surface area contributed by atoms with Crippen molar-refractivity contribution in [2.75, 3.05) is 27.9 Å². The number of hydrogen-bond acceptors (Lipinski definition) is 5. The fraction of sp³-hybridized carbons (Fsp3) is 0.533. The van der Waals surface area contributed by atoms with Gasteiger partial charge in [-0.25, -0.2) is 4.79 Å². The van der Waals surface area contributed by atoms with Gasteiger partial charge in [0.2, 0.25) is 0 Å². The Morgan fingerprint density at radius 2 is 1.80 bits per heavy atom. The van der Waals surface area contributed by atoms with Crippen molar-refractivity contribution in [3.63, 3.8) is 0 Å². The van der Waals surface area contributed by atoms with Gasteiger partial charge in [0.15, 0.2) is 11.5 Å². The van der Waals surface area contributed by atoms with Gasteiger partial charge in [0, 0.05) is 0 Å². The molecule has 0 aliphatic rings. The molecule has 1 atom stereocenters. The number of methoxy groups -OCH3 is 3. The molecule has 0 spiro atoms. The Bertz CT molecular complexity index is 445. The Labute approximate surface area is 120 Å². The van der Waals surface area contributed by atoms with Crippen molar-refractivity contribution in [2.45, 2.75) is 19.9 Å². The van der Waals surface area contributed by atoms with Gasteiger partial charge in [-0.05, 0) is 30.2 Å². The van der Waals surface area contributed by atoms with Gasteiger partial charge in [-0.15, -0.1) is 0 Å². The van der Waals surface area contributed by atoms with Crippen LogP contribution >= 0.6 is 0 Å². The van der Waals surface area contributed by atoms with Gasteiger partial charge in [0.1, 0.15) is 6.04 Å². The zero-order valence-corrected chi connectivity index (χ0v) is 12.7. The van der Waals surface area contributed by atoms with Crippen LogP contribution < -0.4 is 14.8 Å². The first-order chi connectivity index (χ1) is 9.53. The predicted molar refractivity (Wildman–Crippen MR) is 77.1 cm³/mol. The monoisotopic (exact) mass is 281 g/mol. The molecule has 0 amide bonds. The van der Waals surface area contributed by atoms with Gasteiger partial charge in [-0.3, -0.25) is 0 Å². The van der Waals surface area contributed by atoms with Crippen molar-refractivity contribution in [3.8, 4) is 11.5 Å². The number of rotatable bonds is 7. The molecule has 1 aromatic rings. The SMILES string of the molecule is COC(=O)C(NCC(C)C)c1ccc(OC)c(OC)c1. The molecule has 0 bridgehead atoms.